The molecule has 0 aliphatic heterocycles. The van der Waals surface area contributed by atoms with E-state index in [-0.39, 0.29) is 5.91 Å². The van der Waals surface area contributed by atoms with Crippen LogP contribution in [0, 0.1) is 6.92 Å². The lowest BCUT2D eigenvalue weighted by atomic mass is 10.1. The molecule has 0 atom stereocenters. The van der Waals surface area contributed by atoms with Crippen molar-refractivity contribution in [2.24, 2.45) is 0 Å². The Kier molecular flexibility index (Phi) is 5.29. The van der Waals surface area contributed by atoms with Gasteiger partial charge < -0.3 is 10.1 Å². The third-order valence-corrected chi connectivity index (χ3v) is 4.30. The molecule has 0 bridgehead atoms. The summed E-state index contributed by atoms with van der Waals surface area (Å²) in [6.07, 6.45) is 1.50. The Hall–Kier alpha value is -4.00. The summed E-state index contributed by atoms with van der Waals surface area (Å²) >= 11 is 0. The van der Waals surface area contributed by atoms with Gasteiger partial charge in [0.1, 0.15) is 18.7 Å². The number of carbonyl (C=O) groups excluding carboxylic acids is 1. The molecule has 0 saturated carbocycles. The van der Waals surface area contributed by atoms with Gasteiger partial charge in [-0.1, -0.05) is 42.0 Å². The maximum atomic E-state index is 12.7. The number of aryl methyl sites for hydroxylation is 1. The Morgan fingerprint density at radius 1 is 1.03 bits per heavy atom. The lowest BCUT2D eigenvalue weighted by Crippen LogP contribution is -2.12. The zero-order valence-corrected chi connectivity index (χ0v) is 15.8. The summed E-state index contributed by atoms with van der Waals surface area (Å²) < 4.78 is 7.37. The largest absolute Gasteiger partial charge is 0.489 e. The number of amides is 1. The smallest absolute Gasteiger partial charge is 0.255 e. The van der Waals surface area contributed by atoms with Crippen LogP contribution in [0.15, 0.2) is 79.1 Å². The molecule has 0 saturated heterocycles. The fraction of sp³-hybridized carbons (Fsp3) is 0.0909. The molecule has 1 amide bonds. The number of benzene rings is 3. The van der Waals surface area contributed by atoms with Crippen LogP contribution >= 0.6 is 0 Å². The highest BCUT2D eigenvalue weighted by atomic mass is 16.5. The van der Waals surface area contributed by atoms with Gasteiger partial charge in [0, 0.05) is 11.3 Å². The number of carbonyl (C=O) groups is 1. The Balaban J connectivity index is 1.44. The molecule has 0 spiro atoms. The van der Waals surface area contributed by atoms with Crippen LogP contribution in [-0.2, 0) is 6.61 Å². The predicted molar refractivity (Wildman–Crippen MR) is 109 cm³/mol. The highest BCUT2D eigenvalue weighted by Crippen LogP contribution is 2.18. The summed E-state index contributed by atoms with van der Waals surface area (Å²) in [4.78, 5) is 12.7. The standard InChI is InChI=1S/C22H19N5O2/c1-16-5-2-6-17(11-16)14-29-21-10-3-7-18(12-21)22(28)24-19-8-4-9-20(13-19)27-15-23-25-26-27/h2-13,15H,14H2,1H3,(H,24,28). The van der Waals surface area contributed by atoms with E-state index in [0.29, 0.717) is 23.6 Å². The summed E-state index contributed by atoms with van der Waals surface area (Å²) in [6.45, 7) is 2.49. The maximum absolute atomic E-state index is 12.7. The van der Waals surface area contributed by atoms with Gasteiger partial charge in [-0.05, 0) is 59.3 Å². The lowest BCUT2D eigenvalue weighted by molar-refractivity contribution is 0.102. The third kappa shape index (κ3) is 4.65. The van der Waals surface area contributed by atoms with E-state index in [4.69, 9.17) is 4.74 Å². The molecular formula is C22H19N5O2. The second-order valence-electron chi connectivity index (χ2n) is 6.56. The number of nitrogens with zero attached hydrogens (tertiary/aromatic N) is 4. The average Bonchev–Trinajstić information content (AvgIpc) is 3.28. The van der Waals surface area contributed by atoms with Gasteiger partial charge in [0.2, 0.25) is 0 Å². The van der Waals surface area contributed by atoms with Gasteiger partial charge in [-0.3, -0.25) is 4.79 Å². The van der Waals surface area contributed by atoms with Gasteiger partial charge in [0.15, 0.2) is 0 Å². The molecule has 29 heavy (non-hydrogen) atoms. The van der Waals surface area contributed by atoms with Crippen molar-refractivity contribution in [3.63, 3.8) is 0 Å². The zero-order valence-electron chi connectivity index (χ0n) is 15.8. The number of ether oxygens (including phenoxy) is 1. The van der Waals surface area contributed by atoms with Gasteiger partial charge >= 0.3 is 0 Å². The zero-order chi connectivity index (χ0) is 20.1. The normalized spacial score (nSPS) is 10.5. The molecule has 1 N–H and O–H groups in total. The Morgan fingerprint density at radius 2 is 1.90 bits per heavy atom. The minimum Gasteiger partial charge on any atom is -0.489 e. The molecule has 1 aromatic heterocycles. The van der Waals surface area contributed by atoms with Crippen molar-refractivity contribution in [2.75, 3.05) is 5.32 Å². The van der Waals surface area contributed by atoms with Crippen molar-refractivity contribution in [2.45, 2.75) is 13.5 Å². The molecule has 4 rings (SSSR count). The Labute approximate surface area is 168 Å². The van der Waals surface area contributed by atoms with E-state index >= 15 is 0 Å². The SMILES string of the molecule is Cc1cccc(COc2cccc(C(=O)Nc3cccc(-n4cnnn4)c3)c2)c1. The highest BCUT2D eigenvalue weighted by molar-refractivity contribution is 6.04. The quantitative estimate of drug-likeness (QED) is 0.546. The van der Waals surface area contributed by atoms with Crippen LogP contribution in [0.5, 0.6) is 5.75 Å². The number of rotatable bonds is 6. The molecule has 144 valence electrons. The van der Waals surface area contributed by atoms with Gasteiger partial charge in [-0.2, -0.15) is 0 Å². The molecule has 3 aromatic carbocycles. The fourth-order valence-electron chi connectivity index (χ4n) is 2.90. The van der Waals surface area contributed by atoms with Crippen LogP contribution in [0.4, 0.5) is 5.69 Å². The predicted octanol–water partition coefficient (Wildman–Crippen LogP) is 3.80. The van der Waals surface area contributed by atoms with E-state index in [1.807, 2.05) is 49.4 Å². The molecule has 4 aromatic rings. The van der Waals surface area contributed by atoms with E-state index in [2.05, 4.69) is 26.9 Å². The third-order valence-electron chi connectivity index (χ3n) is 4.30. The molecule has 0 aliphatic rings. The van der Waals surface area contributed by atoms with E-state index in [0.717, 1.165) is 11.3 Å². The van der Waals surface area contributed by atoms with Crippen molar-refractivity contribution in [1.29, 1.82) is 0 Å². The summed E-state index contributed by atoms with van der Waals surface area (Å²) in [5.74, 6) is 0.418. The van der Waals surface area contributed by atoms with Crippen molar-refractivity contribution in [1.82, 2.24) is 20.2 Å². The number of hydrogen-bond donors (Lipinski definition) is 1. The van der Waals surface area contributed by atoms with Crippen molar-refractivity contribution in [3.05, 3.63) is 95.8 Å². The van der Waals surface area contributed by atoms with E-state index < -0.39 is 0 Å². The van der Waals surface area contributed by atoms with Crippen LogP contribution in [0.25, 0.3) is 5.69 Å². The van der Waals surface area contributed by atoms with Crippen molar-refractivity contribution >= 4 is 11.6 Å². The van der Waals surface area contributed by atoms with Crippen molar-refractivity contribution in [3.8, 4) is 11.4 Å². The lowest BCUT2D eigenvalue weighted by Gasteiger charge is -2.10. The minimum atomic E-state index is -0.222. The van der Waals surface area contributed by atoms with E-state index in [1.54, 1.807) is 24.3 Å². The second kappa shape index (κ2) is 8.35. The molecular weight excluding hydrogens is 366 g/mol. The van der Waals surface area contributed by atoms with Gasteiger partial charge in [0.25, 0.3) is 5.91 Å². The Bertz CT molecular complexity index is 1130. The second-order valence-corrected chi connectivity index (χ2v) is 6.56. The summed E-state index contributed by atoms with van der Waals surface area (Å²) in [5, 5.41) is 14.0. The molecule has 0 radical (unpaired) electrons. The van der Waals surface area contributed by atoms with Gasteiger partial charge in [-0.25, -0.2) is 4.68 Å². The molecule has 0 fully saturated rings. The van der Waals surface area contributed by atoms with Crippen LogP contribution < -0.4 is 10.1 Å². The molecule has 0 unspecified atom stereocenters. The van der Waals surface area contributed by atoms with Crippen LogP contribution in [0.3, 0.4) is 0 Å². The maximum Gasteiger partial charge on any atom is 0.255 e. The van der Waals surface area contributed by atoms with E-state index in [9.17, 15) is 4.79 Å². The number of anilines is 1. The van der Waals surface area contributed by atoms with Crippen LogP contribution in [0.1, 0.15) is 21.5 Å². The number of nitrogens with one attached hydrogen (secondary N) is 1. The summed E-state index contributed by atoms with van der Waals surface area (Å²) in [7, 11) is 0. The summed E-state index contributed by atoms with van der Waals surface area (Å²) in [6, 6.07) is 22.6. The number of tetrazole rings is 1. The first-order valence-corrected chi connectivity index (χ1v) is 9.10. The minimum absolute atomic E-state index is 0.222. The van der Waals surface area contributed by atoms with Crippen LogP contribution in [0.2, 0.25) is 0 Å². The molecule has 7 heteroatoms. The van der Waals surface area contributed by atoms with Crippen LogP contribution in [-0.4, -0.2) is 26.1 Å². The first-order valence-electron chi connectivity index (χ1n) is 9.10. The molecule has 0 aliphatic carbocycles. The number of aromatic nitrogens is 4. The first kappa shape index (κ1) is 18.4. The van der Waals surface area contributed by atoms with Gasteiger partial charge in [-0.15, -0.1) is 5.10 Å². The van der Waals surface area contributed by atoms with Gasteiger partial charge in [0.05, 0.1) is 5.69 Å². The Morgan fingerprint density at radius 3 is 2.72 bits per heavy atom. The molecule has 7 nitrogen and oxygen atoms in total. The monoisotopic (exact) mass is 385 g/mol. The fourth-order valence-corrected chi connectivity index (χ4v) is 2.90. The number of hydrogen-bond acceptors (Lipinski definition) is 5. The van der Waals surface area contributed by atoms with E-state index in [1.165, 1.54) is 16.6 Å². The highest BCUT2D eigenvalue weighted by Gasteiger charge is 2.09. The van der Waals surface area contributed by atoms with Crippen molar-refractivity contribution < 1.29 is 9.53 Å². The summed E-state index contributed by atoms with van der Waals surface area (Å²) in [5.41, 5.74) is 4.18. The first-order chi connectivity index (χ1) is 14.2. The molecule has 1 heterocycles. The topological polar surface area (TPSA) is 81.9 Å². The average molecular weight is 385 g/mol.